The molecule has 1 aliphatic rings. The van der Waals surface area contributed by atoms with Crippen molar-refractivity contribution < 1.29 is 0 Å². The molecule has 8 aromatic carbocycles. The van der Waals surface area contributed by atoms with Gasteiger partial charge in [0.2, 0.25) is 0 Å². The third-order valence-electron chi connectivity index (χ3n) is 9.60. The second kappa shape index (κ2) is 9.97. The summed E-state index contributed by atoms with van der Waals surface area (Å²) in [6.45, 7) is 0. The van der Waals surface area contributed by atoms with Crippen molar-refractivity contribution in [3.8, 4) is 39.1 Å². The Hall–Kier alpha value is -5.57. The summed E-state index contributed by atoms with van der Waals surface area (Å²) in [5, 5.41) is 7.71. The molecule has 214 valence electrons. The fraction of sp³-hybridized carbons (Fsp3) is 0. The van der Waals surface area contributed by atoms with E-state index in [1.54, 1.807) is 0 Å². The van der Waals surface area contributed by atoms with Crippen molar-refractivity contribution in [1.82, 2.24) is 4.57 Å². The van der Waals surface area contributed by atoms with Gasteiger partial charge in [0, 0.05) is 37.0 Å². The van der Waals surface area contributed by atoms with E-state index in [0.29, 0.717) is 0 Å². The highest BCUT2D eigenvalue weighted by molar-refractivity contribution is 7.99. The van der Waals surface area contributed by atoms with Gasteiger partial charge >= 0.3 is 0 Å². The molecule has 0 fully saturated rings. The molecule has 1 aliphatic heterocycles. The molecule has 0 saturated carbocycles. The topological polar surface area (TPSA) is 4.93 Å². The summed E-state index contributed by atoms with van der Waals surface area (Å²) >= 11 is 1.88. The van der Waals surface area contributed by atoms with E-state index >= 15 is 0 Å². The second-order valence-electron chi connectivity index (χ2n) is 12.0. The van der Waals surface area contributed by atoms with E-state index in [0.717, 1.165) is 0 Å². The summed E-state index contributed by atoms with van der Waals surface area (Å²) < 4.78 is 2.43. The van der Waals surface area contributed by atoms with E-state index in [4.69, 9.17) is 0 Å². The van der Waals surface area contributed by atoms with Crippen LogP contribution in [0.4, 0.5) is 0 Å². The highest BCUT2D eigenvalue weighted by Gasteiger charge is 2.23. The first-order valence-corrected chi connectivity index (χ1v) is 16.6. The van der Waals surface area contributed by atoms with Crippen LogP contribution in [0, 0.1) is 0 Å². The van der Waals surface area contributed by atoms with Crippen molar-refractivity contribution in [2.45, 2.75) is 9.79 Å². The number of rotatable bonds is 3. The minimum atomic E-state index is 1.18. The third kappa shape index (κ3) is 3.65. The average molecular weight is 602 g/mol. The summed E-state index contributed by atoms with van der Waals surface area (Å²) in [4.78, 5) is 2.65. The molecule has 9 aromatic rings. The fourth-order valence-corrected chi connectivity index (χ4v) is 8.79. The molecule has 10 rings (SSSR count). The zero-order valence-corrected chi connectivity index (χ0v) is 25.8. The molecule has 0 saturated heterocycles. The Balaban J connectivity index is 1.28. The molecule has 0 N–H and O–H groups in total. The van der Waals surface area contributed by atoms with Gasteiger partial charge in [0.25, 0.3) is 0 Å². The standard InChI is InChI=1S/C44H27NS/c1-2-13-28(14-3-1)45-40-23-10-8-18-33(40)39-27-38(31-17-6-7-20-37(31)44(39)45)30-16-5-4-15-29(30)32-25-26-42-43-35(32)21-12-22-36(43)34-19-9-11-24-41(34)46-42/h1-27H. The molecule has 0 aliphatic carbocycles. The lowest BCUT2D eigenvalue weighted by Gasteiger charge is -2.22. The van der Waals surface area contributed by atoms with Crippen molar-refractivity contribution in [3.05, 3.63) is 164 Å². The number of benzene rings is 8. The molecule has 0 unspecified atom stereocenters. The van der Waals surface area contributed by atoms with Gasteiger partial charge < -0.3 is 4.57 Å². The molecular weight excluding hydrogens is 575 g/mol. The maximum atomic E-state index is 2.44. The summed E-state index contributed by atoms with van der Waals surface area (Å²) in [7, 11) is 0. The number of fused-ring (bicyclic) bond motifs is 7. The van der Waals surface area contributed by atoms with Crippen LogP contribution in [0.1, 0.15) is 0 Å². The van der Waals surface area contributed by atoms with Gasteiger partial charge in [-0.2, -0.15) is 0 Å². The molecular formula is C44H27NS. The van der Waals surface area contributed by atoms with Gasteiger partial charge in [0.15, 0.2) is 0 Å². The van der Waals surface area contributed by atoms with E-state index in [-0.39, 0.29) is 0 Å². The second-order valence-corrected chi connectivity index (χ2v) is 13.1. The van der Waals surface area contributed by atoms with Gasteiger partial charge in [-0.25, -0.2) is 0 Å². The van der Waals surface area contributed by atoms with E-state index in [1.807, 2.05) is 11.8 Å². The van der Waals surface area contributed by atoms with Crippen LogP contribution >= 0.6 is 11.8 Å². The van der Waals surface area contributed by atoms with Crippen LogP contribution in [0.2, 0.25) is 0 Å². The maximum absolute atomic E-state index is 2.44. The first kappa shape index (κ1) is 25.7. The van der Waals surface area contributed by atoms with Crippen LogP contribution in [0.3, 0.4) is 0 Å². The Kier molecular flexibility index (Phi) is 5.58. The third-order valence-corrected chi connectivity index (χ3v) is 10.7. The summed E-state index contributed by atoms with van der Waals surface area (Å²) in [5.41, 5.74) is 11.3. The fourth-order valence-electron chi connectivity index (χ4n) is 7.66. The first-order valence-electron chi connectivity index (χ1n) is 15.8. The molecule has 0 spiro atoms. The lowest BCUT2D eigenvalue weighted by atomic mass is 9.87. The SMILES string of the molecule is c1ccc(-n2c3ccccc3c3cc(-c4ccccc4-c4ccc5c6c(cccc46)-c4ccccc4S5)c4ccccc4c32)cc1. The van der Waals surface area contributed by atoms with Gasteiger partial charge in [-0.3, -0.25) is 0 Å². The Labute approximate surface area is 271 Å². The maximum Gasteiger partial charge on any atom is 0.0619 e. The quantitative estimate of drug-likeness (QED) is 0.195. The molecule has 1 nitrogen and oxygen atoms in total. The van der Waals surface area contributed by atoms with Crippen molar-refractivity contribution in [2.24, 2.45) is 0 Å². The van der Waals surface area contributed by atoms with Crippen molar-refractivity contribution in [2.75, 3.05) is 0 Å². The Morgan fingerprint density at radius 1 is 0.348 bits per heavy atom. The molecule has 0 bridgehead atoms. The number of para-hydroxylation sites is 2. The smallest absolute Gasteiger partial charge is 0.0619 e. The minimum Gasteiger partial charge on any atom is -0.309 e. The lowest BCUT2D eigenvalue weighted by molar-refractivity contribution is 1.19. The molecule has 0 atom stereocenters. The van der Waals surface area contributed by atoms with E-state index in [2.05, 4.69) is 168 Å². The van der Waals surface area contributed by atoms with Crippen molar-refractivity contribution in [3.63, 3.8) is 0 Å². The van der Waals surface area contributed by atoms with Gasteiger partial charge in [-0.15, -0.1) is 0 Å². The first-order chi connectivity index (χ1) is 22.8. The molecule has 1 aromatic heterocycles. The summed E-state index contributed by atoms with van der Waals surface area (Å²) in [6.07, 6.45) is 0. The van der Waals surface area contributed by atoms with Crippen molar-refractivity contribution in [1.29, 1.82) is 0 Å². The van der Waals surface area contributed by atoms with E-state index in [1.165, 1.54) is 92.2 Å². The monoisotopic (exact) mass is 601 g/mol. The normalized spacial score (nSPS) is 12.3. The predicted octanol–water partition coefficient (Wildman–Crippen LogP) is 12.6. The minimum absolute atomic E-state index is 1.18. The number of nitrogens with zero attached hydrogens (tertiary/aromatic N) is 1. The van der Waals surface area contributed by atoms with E-state index in [9.17, 15) is 0 Å². The highest BCUT2D eigenvalue weighted by atomic mass is 32.2. The van der Waals surface area contributed by atoms with Crippen LogP contribution in [-0.2, 0) is 0 Å². The number of hydrogen-bond donors (Lipinski definition) is 0. The average Bonchev–Trinajstić information content (AvgIpc) is 3.46. The number of aromatic nitrogens is 1. The zero-order valence-electron chi connectivity index (χ0n) is 24.9. The van der Waals surface area contributed by atoms with Crippen LogP contribution in [0.15, 0.2) is 174 Å². The highest BCUT2D eigenvalue weighted by Crippen LogP contribution is 2.51. The summed E-state index contributed by atoms with van der Waals surface area (Å²) in [5.74, 6) is 0. The van der Waals surface area contributed by atoms with Crippen LogP contribution in [-0.4, -0.2) is 4.57 Å². The van der Waals surface area contributed by atoms with Gasteiger partial charge in [0.05, 0.1) is 11.0 Å². The Morgan fingerprint density at radius 2 is 0.978 bits per heavy atom. The molecule has 46 heavy (non-hydrogen) atoms. The van der Waals surface area contributed by atoms with Gasteiger partial charge in [-0.05, 0) is 80.6 Å². The van der Waals surface area contributed by atoms with Crippen molar-refractivity contribution >= 4 is 55.1 Å². The molecule has 2 heteroatoms. The molecule has 0 radical (unpaired) electrons. The van der Waals surface area contributed by atoms with Crippen LogP contribution in [0.5, 0.6) is 0 Å². The lowest BCUT2D eigenvalue weighted by Crippen LogP contribution is -1.96. The van der Waals surface area contributed by atoms with Gasteiger partial charge in [-0.1, -0.05) is 139 Å². The van der Waals surface area contributed by atoms with Crippen LogP contribution < -0.4 is 0 Å². The zero-order chi connectivity index (χ0) is 30.2. The predicted molar refractivity (Wildman–Crippen MR) is 196 cm³/mol. The van der Waals surface area contributed by atoms with E-state index < -0.39 is 0 Å². The Bertz CT molecular complexity index is 2660. The number of hydrogen-bond acceptors (Lipinski definition) is 1. The largest absolute Gasteiger partial charge is 0.309 e. The Morgan fingerprint density at radius 3 is 1.83 bits per heavy atom. The van der Waals surface area contributed by atoms with Gasteiger partial charge in [0.1, 0.15) is 0 Å². The summed E-state index contributed by atoms with van der Waals surface area (Å²) in [6, 6.07) is 60.2. The molecule has 0 amide bonds. The van der Waals surface area contributed by atoms with Crippen LogP contribution in [0.25, 0.3) is 82.4 Å². The molecule has 2 heterocycles.